The van der Waals surface area contributed by atoms with Crippen molar-refractivity contribution in [1.82, 2.24) is 10.3 Å². The summed E-state index contributed by atoms with van der Waals surface area (Å²) >= 11 is 11.3. The topological polar surface area (TPSA) is 122 Å². The number of carbonyl (C=O) groups excluding carboxylic acids is 2. The van der Waals surface area contributed by atoms with E-state index in [1.54, 1.807) is 0 Å². The summed E-state index contributed by atoms with van der Waals surface area (Å²) in [5, 5.41) is 11.0. The van der Waals surface area contributed by atoms with E-state index in [9.17, 15) is 14.4 Å². The molecule has 0 saturated heterocycles. The zero-order valence-corrected chi connectivity index (χ0v) is 10.9. The number of amides is 2. The zero-order chi connectivity index (χ0) is 14.6. The van der Waals surface area contributed by atoms with Gasteiger partial charge in [-0.25, -0.2) is 9.78 Å². The van der Waals surface area contributed by atoms with Gasteiger partial charge in [0.05, 0.1) is 17.0 Å². The smallest absolute Gasteiger partial charge is 0.326 e. The van der Waals surface area contributed by atoms with E-state index >= 15 is 0 Å². The molecule has 1 aromatic rings. The van der Waals surface area contributed by atoms with Gasteiger partial charge in [-0.3, -0.25) is 9.59 Å². The second kappa shape index (κ2) is 6.35. The maximum Gasteiger partial charge on any atom is 0.326 e. The van der Waals surface area contributed by atoms with Crippen molar-refractivity contribution >= 4 is 41.0 Å². The monoisotopic (exact) mass is 305 g/mol. The lowest BCUT2D eigenvalue weighted by molar-refractivity contribution is -0.140. The molecule has 7 nitrogen and oxygen atoms in total. The average molecular weight is 306 g/mol. The Hall–Kier alpha value is -1.86. The first kappa shape index (κ1) is 15.2. The molecule has 0 aliphatic rings. The lowest BCUT2D eigenvalue weighted by Crippen LogP contribution is -2.43. The highest BCUT2D eigenvalue weighted by Gasteiger charge is 2.23. The summed E-state index contributed by atoms with van der Waals surface area (Å²) in [6, 6.07) is -0.254. The number of halogens is 2. The van der Waals surface area contributed by atoms with E-state index in [-0.39, 0.29) is 15.7 Å². The second-order valence-corrected chi connectivity index (χ2v) is 4.32. The van der Waals surface area contributed by atoms with Crippen LogP contribution in [0.25, 0.3) is 0 Å². The summed E-state index contributed by atoms with van der Waals surface area (Å²) in [5.74, 6) is -3.03. The Morgan fingerprint density at radius 2 is 2.05 bits per heavy atom. The first-order valence-electron chi connectivity index (χ1n) is 4.94. The Morgan fingerprint density at radius 1 is 1.42 bits per heavy atom. The SMILES string of the molecule is NC(=O)C[C@@H](NC(=O)c1cc(Cl)ncc1Cl)C(=O)O. The minimum Gasteiger partial charge on any atom is -0.480 e. The van der Waals surface area contributed by atoms with Crippen LogP contribution in [0.15, 0.2) is 12.3 Å². The number of pyridine rings is 1. The van der Waals surface area contributed by atoms with E-state index in [4.69, 9.17) is 34.0 Å². The predicted octanol–water partition coefficient (Wildman–Crippen LogP) is 0.447. The number of aromatic nitrogens is 1. The van der Waals surface area contributed by atoms with Gasteiger partial charge in [0.15, 0.2) is 0 Å². The minimum absolute atomic E-state index is 0.00473. The van der Waals surface area contributed by atoms with Gasteiger partial charge >= 0.3 is 5.97 Å². The number of aliphatic carboxylic acids is 1. The lowest BCUT2D eigenvalue weighted by atomic mass is 10.1. The minimum atomic E-state index is -1.44. The molecule has 1 aromatic heterocycles. The molecular formula is C10H9Cl2N3O4. The Balaban J connectivity index is 2.90. The fourth-order valence-corrected chi connectivity index (χ4v) is 1.57. The summed E-state index contributed by atoms with van der Waals surface area (Å²) in [5.41, 5.74) is 4.84. The molecule has 102 valence electrons. The van der Waals surface area contributed by atoms with E-state index < -0.39 is 30.2 Å². The molecule has 1 rings (SSSR count). The van der Waals surface area contributed by atoms with Gasteiger partial charge in [-0.15, -0.1) is 0 Å². The molecule has 0 unspecified atom stereocenters. The number of carboxylic acids is 1. The molecule has 0 spiro atoms. The van der Waals surface area contributed by atoms with Crippen LogP contribution >= 0.6 is 23.2 Å². The van der Waals surface area contributed by atoms with Crippen LogP contribution < -0.4 is 11.1 Å². The third kappa shape index (κ3) is 4.38. The molecule has 0 aromatic carbocycles. The van der Waals surface area contributed by atoms with Crippen LogP contribution in [0.4, 0.5) is 0 Å². The summed E-state index contributed by atoms with van der Waals surface area (Å²) in [6.45, 7) is 0. The van der Waals surface area contributed by atoms with Crippen LogP contribution in [0, 0.1) is 0 Å². The predicted molar refractivity (Wildman–Crippen MR) is 67.0 cm³/mol. The number of nitrogens with two attached hydrogens (primary N) is 1. The molecular weight excluding hydrogens is 297 g/mol. The maximum absolute atomic E-state index is 11.8. The van der Waals surface area contributed by atoms with Gasteiger partial charge in [-0.2, -0.15) is 0 Å². The van der Waals surface area contributed by atoms with Crippen molar-refractivity contribution in [3.05, 3.63) is 28.0 Å². The Bertz CT molecular complexity index is 536. The molecule has 0 fully saturated rings. The third-order valence-electron chi connectivity index (χ3n) is 2.08. The molecule has 4 N–H and O–H groups in total. The van der Waals surface area contributed by atoms with E-state index in [1.807, 2.05) is 0 Å². The van der Waals surface area contributed by atoms with E-state index in [0.717, 1.165) is 6.20 Å². The summed E-state index contributed by atoms with van der Waals surface area (Å²) in [4.78, 5) is 37.0. The number of hydrogen-bond acceptors (Lipinski definition) is 4. The largest absolute Gasteiger partial charge is 0.480 e. The summed E-state index contributed by atoms with van der Waals surface area (Å²) < 4.78 is 0. The van der Waals surface area contributed by atoms with Crippen molar-refractivity contribution in [2.75, 3.05) is 0 Å². The molecule has 0 saturated carbocycles. The van der Waals surface area contributed by atoms with E-state index in [2.05, 4.69) is 10.3 Å². The van der Waals surface area contributed by atoms with Crippen molar-refractivity contribution in [1.29, 1.82) is 0 Å². The van der Waals surface area contributed by atoms with Crippen LogP contribution in [0.1, 0.15) is 16.8 Å². The molecule has 0 aliphatic carbocycles. The first-order chi connectivity index (χ1) is 8.81. The maximum atomic E-state index is 11.8. The van der Waals surface area contributed by atoms with Gasteiger partial charge < -0.3 is 16.2 Å². The standard InChI is InChI=1S/C10H9Cl2N3O4/c11-5-3-14-7(12)1-4(5)9(17)15-6(10(18)19)2-8(13)16/h1,3,6H,2H2,(H2,13,16)(H,15,17)(H,18,19)/t6-/m1/s1. The van der Waals surface area contributed by atoms with Crippen LogP contribution in [0.2, 0.25) is 10.2 Å². The molecule has 9 heteroatoms. The lowest BCUT2D eigenvalue weighted by Gasteiger charge is -2.13. The van der Waals surface area contributed by atoms with Gasteiger partial charge in [0.1, 0.15) is 11.2 Å². The van der Waals surface area contributed by atoms with Crippen LogP contribution in [0.3, 0.4) is 0 Å². The Labute approximate surface area is 117 Å². The van der Waals surface area contributed by atoms with Gasteiger partial charge in [-0.05, 0) is 6.07 Å². The summed E-state index contributed by atoms with van der Waals surface area (Å²) in [6.07, 6.45) is 0.625. The van der Waals surface area contributed by atoms with Crippen LogP contribution in [0.5, 0.6) is 0 Å². The fraction of sp³-hybridized carbons (Fsp3) is 0.200. The highest BCUT2D eigenvalue weighted by Crippen LogP contribution is 2.18. The van der Waals surface area contributed by atoms with Crippen molar-refractivity contribution in [2.24, 2.45) is 5.73 Å². The van der Waals surface area contributed by atoms with Crippen LogP contribution in [-0.4, -0.2) is 33.9 Å². The Morgan fingerprint density at radius 3 is 2.58 bits per heavy atom. The second-order valence-electron chi connectivity index (χ2n) is 3.52. The molecule has 0 bridgehead atoms. The number of hydrogen-bond donors (Lipinski definition) is 3. The normalized spacial score (nSPS) is 11.7. The number of nitrogens with one attached hydrogen (secondary N) is 1. The zero-order valence-electron chi connectivity index (χ0n) is 9.39. The Kier molecular flexibility index (Phi) is 5.08. The number of rotatable bonds is 5. The van der Waals surface area contributed by atoms with E-state index in [1.165, 1.54) is 6.07 Å². The molecule has 1 heterocycles. The molecule has 0 radical (unpaired) electrons. The number of nitrogens with zero attached hydrogens (tertiary/aromatic N) is 1. The average Bonchev–Trinajstić information content (AvgIpc) is 2.30. The van der Waals surface area contributed by atoms with Crippen molar-refractivity contribution in [3.63, 3.8) is 0 Å². The van der Waals surface area contributed by atoms with Crippen molar-refractivity contribution < 1.29 is 19.5 Å². The number of carbonyl (C=O) groups is 3. The summed E-state index contributed by atoms with van der Waals surface area (Å²) in [7, 11) is 0. The van der Waals surface area contributed by atoms with Gasteiger partial charge in [-0.1, -0.05) is 23.2 Å². The highest BCUT2D eigenvalue weighted by atomic mass is 35.5. The first-order valence-corrected chi connectivity index (χ1v) is 5.70. The fourth-order valence-electron chi connectivity index (χ4n) is 1.22. The van der Waals surface area contributed by atoms with Crippen molar-refractivity contribution in [3.8, 4) is 0 Å². The van der Waals surface area contributed by atoms with E-state index in [0.29, 0.717) is 0 Å². The van der Waals surface area contributed by atoms with Crippen molar-refractivity contribution in [2.45, 2.75) is 12.5 Å². The van der Waals surface area contributed by atoms with Gasteiger partial charge in [0.2, 0.25) is 5.91 Å². The quantitative estimate of drug-likeness (QED) is 0.681. The van der Waals surface area contributed by atoms with Gasteiger partial charge in [0, 0.05) is 6.20 Å². The highest BCUT2D eigenvalue weighted by molar-refractivity contribution is 6.35. The molecule has 0 aliphatic heterocycles. The number of carboxylic acid groups (broad SMARTS) is 1. The molecule has 1 atom stereocenters. The number of primary amides is 1. The molecule has 2 amide bonds. The third-order valence-corrected chi connectivity index (χ3v) is 2.58. The van der Waals surface area contributed by atoms with Gasteiger partial charge in [0.25, 0.3) is 5.91 Å². The molecule has 19 heavy (non-hydrogen) atoms. The van der Waals surface area contributed by atoms with Crippen LogP contribution in [-0.2, 0) is 9.59 Å².